The summed E-state index contributed by atoms with van der Waals surface area (Å²) in [6.07, 6.45) is 2.51. The van der Waals surface area contributed by atoms with Crippen LogP contribution in [-0.2, 0) is 20.9 Å². The Morgan fingerprint density at radius 2 is 2.05 bits per heavy atom. The van der Waals surface area contributed by atoms with E-state index in [9.17, 15) is 9.59 Å². The normalized spacial score (nSPS) is 17.8. The van der Waals surface area contributed by atoms with Crippen molar-refractivity contribution in [2.24, 2.45) is 0 Å². The molecule has 0 bridgehead atoms. The van der Waals surface area contributed by atoms with Gasteiger partial charge in [0.1, 0.15) is 11.9 Å². The minimum absolute atomic E-state index is 0.00547. The van der Waals surface area contributed by atoms with E-state index >= 15 is 0 Å². The number of carboxylic acid groups (broad SMARTS) is 1. The highest BCUT2D eigenvalue weighted by Crippen LogP contribution is 2.17. The van der Waals surface area contributed by atoms with Crippen LogP contribution in [0.1, 0.15) is 24.8 Å². The van der Waals surface area contributed by atoms with Crippen LogP contribution < -0.4 is 4.74 Å². The van der Waals surface area contributed by atoms with Gasteiger partial charge >= 0.3 is 5.97 Å². The first-order valence-electron chi connectivity index (χ1n) is 7.36. The topological polar surface area (TPSA) is 76.1 Å². The van der Waals surface area contributed by atoms with Crippen LogP contribution in [0.3, 0.4) is 0 Å². The van der Waals surface area contributed by atoms with Gasteiger partial charge in [0.15, 0.2) is 6.61 Å². The van der Waals surface area contributed by atoms with Crippen molar-refractivity contribution < 1.29 is 24.2 Å². The number of rotatable bonds is 6. The lowest BCUT2D eigenvalue weighted by molar-refractivity contribution is -0.145. The van der Waals surface area contributed by atoms with Gasteiger partial charge in [-0.15, -0.1) is 0 Å². The molecule has 0 radical (unpaired) electrons. The van der Waals surface area contributed by atoms with Crippen molar-refractivity contribution in [3.8, 4) is 5.75 Å². The van der Waals surface area contributed by atoms with Gasteiger partial charge in [-0.3, -0.25) is 4.79 Å². The van der Waals surface area contributed by atoms with Gasteiger partial charge in [0.25, 0.3) is 5.91 Å². The smallest absolute Gasteiger partial charge is 0.341 e. The summed E-state index contributed by atoms with van der Waals surface area (Å²) < 4.78 is 10.6. The number of carboxylic acids is 1. The van der Waals surface area contributed by atoms with Gasteiger partial charge in [-0.25, -0.2) is 4.79 Å². The molecule has 6 nitrogen and oxygen atoms in total. The first-order valence-corrected chi connectivity index (χ1v) is 7.36. The van der Waals surface area contributed by atoms with E-state index in [-0.39, 0.29) is 18.6 Å². The maximum Gasteiger partial charge on any atom is 0.341 e. The Morgan fingerprint density at radius 3 is 2.64 bits per heavy atom. The van der Waals surface area contributed by atoms with Crippen LogP contribution >= 0.6 is 0 Å². The van der Waals surface area contributed by atoms with Crippen LogP contribution in [0.25, 0.3) is 0 Å². The summed E-state index contributed by atoms with van der Waals surface area (Å²) in [5, 5.41) is 8.55. The van der Waals surface area contributed by atoms with Crippen LogP contribution in [0.5, 0.6) is 5.75 Å². The molecule has 0 unspecified atom stereocenters. The van der Waals surface area contributed by atoms with E-state index in [1.807, 2.05) is 12.1 Å². The summed E-state index contributed by atoms with van der Waals surface area (Å²) >= 11 is 0. The molecule has 1 saturated heterocycles. The van der Waals surface area contributed by atoms with E-state index in [2.05, 4.69) is 0 Å². The number of carbonyl (C=O) groups is 2. The molecule has 1 aliphatic heterocycles. The van der Waals surface area contributed by atoms with Crippen molar-refractivity contribution in [3.05, 3.63) is 29.8 Å². The molecule has 1 N–H and O–H groups in total. The second kappa shape index (κ2) is 7.79. The SMILES string of the molecule is CN(Cc1ccc(OCC(=O)O)cc1)C(=O)[C@@H]1CCCCO1. The Hall–Kier alpha value is -2.08. The zero-order valence-corrected chi connectivity index (χ0v) is 12.7. The third-order valence-corrected chi connectivity index (χ3v) is 3.54. The summed E-state index contributed by atoms with van der Waals surface area (Å²) in [7, 11) is 1.76. The maximum absolute atomic E-state index is 12.3. The fourth-order valence-corrected chi connectivity index (χ4v) is 2.37. The van der Waals surface area contributed by atoms with Gasteiger partial charge in [-0.2, -0.15) is 0 Å². The highest BCUT2D eigenvalue weighted by atomic mass is 16.5. The fraction of sp³-hybridized carbons (Fsp3) is 0.500. The van der Waals surface area contributed by atoms with Crippen LogP contribution in [0.2, 0.25) is 0 Å². The van der Waals surface area contributed by atoms with Gasteiger partial charge in [-0.1, -0.05) is 12.1 Å². The van der Waals surface area contributed by atoms with Crippen LogP contribution in [0, 0.1) is 0 Å². The van der Waals surface area contributed by atoms with Gasteiger partial charge in [-0.05, 0) is 37.0 Å². The average molecular weight is 307 g/mol. The zero-order chi connectivity index (χ0) is 15.9. The molecule has 6 heteroatoms. The largest absolute Gasteiger partial charge is 0.482 e. The molecule has 0 spiro atoms. The molecule has 1 atom stereocenters. The van der Waals surface area contributed by atoms with Gasteiger partial charge < -0.3 is 19.5 Å². The lowest BCUT2D eigenvalue weighted by Gasteiger charge is -2.26. The Morgan fingerprint density at radius 1 is 1.32 bits per heavy atom. The third kappa shape index (κ3) is 4.73. The molecule has 0 aromatic heterocycles. The molecule has 1 fully saturated rings. The molecule has 22 heavy (non-hydrogen) atoms. The number of likely N-dealkylation sites (N-methyl/N-ethyl adjacent to an activating group) is 1. The molecule has 1 aromatic rings. The molecule has 1 aromatic carbocycles. The molecule has 1 heterocycles. The second-order valence-electron chi connectivity index (χ2n) is 5.38. The number of nitrogens with zero attached hydrogens (tertiary/aromatic N) is 1. The van der Waals surface area contributed by atoms with Crippen LogP contribution in [0.15, 0.2) is 24.3 Å². The predicted octanol–water partition coefficient (Wildman–Crippen LogP) is 1.68. The number of carbonyl (C=O) groups excluding carboxylic acids is 1. The Balaban J connectivity index is 1.86. The van der Waals surface area contributed by atoms with Crippen LogP contribution in [-0.4, -0.2) is 48.2 Å². The summed E-state index contributed by atoms with van der Waals surface area (Å²) in [6.45, 7) is 0.772. The minimum Gasteiger partial charge on any atom is -0.482 e. The molecule has 1 amide bonds. The molecule has 1 aliphatic rings. The quantitative estimate of drug-likeness (QED) is 0.865. The highest BCUT2D eigenvalue weighted by molar-refractivity contribution is 5.80. The molecule has 0 aliphatic carbocycles. The van der Waals surface area contributed by atoms with E-state index in [0.29, 0.717) is 18.9 Å². The lowest BCUT2D eigenvalue weighted by Crippen LogP contribution is -2.39. The highest BCUT2D eigenvalue weighted by Gasteiger charge is 2.24. The third-order valence-electron chi connectivity index (χ3n) is 3.54. The Kier molecular flexibility index (Phi) is 5.77. The number of amides is 1. The van der Waals surface area contributed by atoms with Crippen molar-refractivity contribution in [1.82, 2.24) is 4.90 Å². The summed E-state index contributed by atoms with van der Waals surface area (Å²) in [5.74, 6) is -0.511. The fourth-order valence-electron chi connectivity index (χ4n) is 2.37. The van der Waals surface area contributed by atoms with Gasteiger partial charge in [0.05, 0.1) is 0 Å². The second-order valence-corrected chi connectivity index (χ2v) is 5.38. The van der Waals surface area contributed by atoms with Crippen molar-refractivity contribution in [2.75, 3.05) is 20.3 Å². The van der Waals surface area contributed by atoms with Crippen LogP contribution in [0.4, 0.5) is 0 Å². The van der Waals surface area contributed by atoms with E-state index in [0.717, 1.165) is 24.8 Å². The summed E-state index contributed by atoms with van der Waals surface area (Å²) in [4.78, 5) is 24.3. The average Bonchev–Trinajstić information content (AvgIpc) is 2.54. The van der Waals surface area contributed by atoms with E-state index in [1.165, 1.54) is 0 Å². The number of hydrogen-bond donors (Lipinski definition) is 1. The zero-order valence-electron chi connectivity index (χ0n) is 12.7. The maximum atomic E-state index is 12.3. The summed E-state index contributed by atoms with van der Waals surface area (Å²) in [6, 6.07) is 7.05. The monoisotopic (exact) mass is 307 g/mol. The molecule has 2 rings (SSSR count). The van der Waals surface area contributed by atoms with E-state index in [1.54, 1.807) is 24.1 Å². The van der Waals surface area contributed by atoms with Gasteiger partial charge in [0.2, 0.25) is 0 Å². The first-order chi connectivity index (χ1) is 10.6. The van der Waals surface area contributed by atoms with Gasteiger partial charge in [0, 0.05) is 20.2 Å². The number of aliphatic carboxylic acids is 1. The standard InChI is InChI=1S/C16H21NO5/c1-17(16(20)14-4-2-3-9-21-14)10-12-5-7-13(8-6-12)22-11-15(18)19/h5-8,14H,2-4,9-11H2,1H3,(H,18,19)/t14-/m0/s1. The predicted molar refractivity (Wildman–Crippen MR) is 79.6 cm³/mol. The van der Waals surface area contributed by atoms with E-state index in [4.69, 9.17) is 14.6 Å². The first kappa shape index (κ1) is 16.3. The van der Waals surface area contributed by atoms with E-state index < -0.39 is 5.97 Å². The van der Waals surface area contributed by atoms with Crippen molar-refractivity contribution in [2.45, 2.75) is 31.9 Å². The van der Waals surface area contributed by atoms with Crippen molar-refractivity contribution >= 4 is 11.9 Å². The molecule has 0 saturated carbocycles. The molecular formula is C16H21NO5. The Labute approximate surface area is 129 Å². The minimum atomic E-state index is -1.01. The van der Waals surface area contributed by atoms with Crippen molar-refractivity contribution in [3.63, 3.8) is 0 Å². The number of hydrogen-bond acceptors (Lipinski definition) is 4. The molecular weight excluding hydrogens is 286 g/mol. The number of benzene rings is 1. The molecule has 120 valence electrons. The Bertz CT molecular complexity index is 508. The number of ether oxygens (including phenoxy) is 2. The summed E-state index contributed by atoms with van der Waals surface area (Å²) in [5.41, 5.74) is 0.953. The van der Waals surface area contributed by atoms with Crippen molar-refractivity contribution in [1.29, 1.82) is 0 Å². The lowest BCUT2D eigenvalue weighted by atomic mass is 10.1.